The van der Waals surface area contributed by atoms with Crippen LogP contribution in [-0.4, -0.2) is 35.6 Å². The molecule has 0 amide bonds. The Balaban J connectivity index is 0.00000264. The van der Waals surface area contributed by atoms with E-state index in [-0.39, 0.29) is 24.0 Å². The molecule has 6 heteroatoms. The molecule has 1 atom stereocenters. The molecule has 2 N–H and O–H groups in total. The van der Waals surface area contributed by atoms with E-state index in [1.165, 1.54) is 11.1 Å². The van der Waals surface area contributed by atoms with Crippen LogP contribution in [0, 0.1) is 6.92 Å². The van der Waals surface area contributed by atoms with Crippen molar-refractivity contribution in [3.63, 3.8) is 0 Å². The molecule has 0 saturated carbocycles. The van der Waals surface area contributed by atoms with Gasteiger partial charge in [-0.2, -0.15) is 0 Å². The zero-order chi connectivity index (χ0) is 15.8. The van der Waals surface area contributed by atoms with Gasteiger partial charge in [-0.15, -0.1) is 24.0 Å². The number of nitrogens with one attached hydrogen (secondary N) is 2. The van der Waals surface area contributed by atoms with Gasteiger partial charge in [-0.1, -0.05) is 36.8 Å². The minimum absolute atomic E-state index is 0. The zero-order valence-corrected chi connectivity index (χ0v) is 16.3. The third kappa shape index (κ3) is 6.60. The lowest BCUT2D eigenvalue weighted by molar-refractivity contribution is 0.650. The van der Waals surface area contributed by atoms with Gasteiger partial charge >= 0.3 is 0 Å². The smallest absolute Gasteiger partial charge is 0.191 e. The molecule has 0 aliphatic rings. The van der Waals surface area contributed by atoms with Crippen molar-refractivity contribution in [2.24, 2.45) is 4.99 Å². The molecule has 0 saturated heterocycles. The van der Waals surface area contributed by atoms with Gasteiger partial charge in [0.1, 0.15) is 0 Å². The molecule has 0 bridgehead atoms. The number of benzene rings is 1. The van der Waals surface area contributed by atoms with Crippen LogP contribution in [0.1, 0.15) is 24.0 Å². The van der Waals surface area contributed by atoms with Crippen molar-refractivity contribution in [3.8, 4) is 0 Å². The van der Waals surface area contributed by atoms with Crippen molar-refractivity contribution in [2.45, 2.75) is 26.3 Å². The number of hydrogen-bond donors (Lipinski definition) is 2. The molecule has 0 aliphatic carbocycles. The van der Waals surface area contributed by atoms with Crippen LogP contribution in [0.3, 0.4) is 0 Å². The SMILES string of the molecule is CN=C(NCCn1ccnc1)NCC(C)c1cccc(C)c1.I. The largest absolute Gasteiger partial charge is 0.356 e. The van der Waals surface area contributed by atoms with Crippen molar-refractivity contribution in [1.29, 1.82) is 0 Å². The summed E-state index contributed by atoms with van der Waals surface area (Å²) in [6.07, 6.45) is 5.56. The lowest BCUT2D eigenvalue weighted by Crippen LogP contribution is -2.40. The second-order valence-electron chi connectivity index (χ2n) is 5.50. The molecule has 0 spiro atoms. The maximum atomic E-state index is 4.26. The standard InChI is InChI=1S/C17H25N5.HI/c1-14-5-4-6-16(11-14)15(2)12-21-17(18-3)20-8-10-22-9-7-19-13-22;/h4-7,9,11,13,15H,8,10,12H2,1-3H3,(H2,18,20,21);1H. The molecule has 2 rings (SSSR count). The van der Waals surface area contributed by atoms with E-state index >= 15 is 0 Å². The van der Waals surface area contributed by atoms with Crippen LogP contribution in [0.5, 0.6) is 0 Å². The summed E-state index contributed by atoms with van der Waals surface area (Å²) in [6.45, 7) is 6.89. The molecule has 1 unspecified atom stereocenters. The monoisotopic (exact) mass is 427 g/mol. The summed E-state index contributed by atoms with van der Waals surface area (Å²) in [5.74, 6) is 1.27. The van der Waals surface area contributed by atoms with Gasteiger partial charge in [0.2, 0.25) is 0 Å². The Morgan fingerprint density at radius 1 is 1.35 bits per heavy atom. The van der Waals surface area contributed by atoms with Crippen molar-refractivity contribution in [3.05, 3.63) is 54.1 Å². The first kappa shape index (κ1) is 19.5. The summed E-state index contributed by atoms with van der Waals surface area (Å²) in [5.41, 5.74) is 2.65. The number of hydrogen-bond acceptors (Lipinski definition) is 2. The summed E-state index contributed by atoms with van der Waals surface area (Å²) < 4.78 is 2.04. The molecule has 0 radical (unpaired) electrons. The van der Waals surface area contributed by atoms with Gasteiger partial charge in [-0.3, -0.25) is 4.99 Å². The third-order valence-corrected chi connectivity index (χ3v) is 3.63. The average Bonchev–Trinajstić information content (AvgIpc) is 3.03. The lowest BCUT2D eigenvalue weighted by atomic mass is 9.99. The highest BCUT2D eigenvalue weighted by Gasteiger charge is 2.06. The van der Waals surface area contributed by atoms with Crippen LogP contribution in [0.15, 0.2) is 48.0 Å². The van der Waals surface area contributed by atoms with E-state index in [2.05, 4.69) is 58.7 Å². The van der Waals surface area contributed by atoms with Crippen molar-refractivity contribution in [2.75, 3.05) is 20.1 Å². The Hall–Kier alpha value is -1.57. The Morgan fingerprint density at radius 3 is 2.83 bits per heavy atom. The Bertz CT molecular complexity index is 595. The van der Waals surface area contributed by atoms with Crippen molar-refractivity contribution < 1.29 is 0 Å². The molecule has 5 nitrogen and oxygen atoms in total. The van der Waals surface area contributed by atoms with Gasteiger partial charge in [0.25, 0.3) is 0 Å². The summed E-state index contributed by atoms with van der Waals surface area (Å²) in [6, 6.07) is 8.65. The average molecular weight is 427 g/mol. The zero-order valence-electron chi connectivity index (χ0n) is 14.0. The van der Waals surface area contributed by atoms with E-state index in [0.717, 1.165) is 25.6 Å². The molecule has 2 aromatic rings. The maximum Gasteiger partial charge on any atom is 0.191 e. The first-order valence-corrected chi connectivity index (χ1v) is 7.66. The number of guanidine groups is 1. The fourth-order valence-corrected chi connectivity index (χ4v) is 2.29. The number of aromatic nitrogens is 2. The number of aliphatic imine (C=N–C) groups is 1. The van der Waals surface area contributed by atoms with Gasteiger partial charge in [0, 0.05) is 39.1 Å². The highest BCUT2D eigenvalue weighted by molar-refractivity contribution is 14.0. The molecular formula is C17H26IN5. The highest BCUT2D eigenvalue weighted by Crippen LogP contribution is 2.15. The van der Waals surface area contributed by atoms with Gasteiger partial charge in [-0.05, 0) is 18.4 Å². The maximum absolute atomic E-state index is 4.26. The summed E-state index contributed by atoms with van der Waals surface area (Å²) in [7, 11) is 1.80. The molecule has 1 aromatic carbocycles. The van der Waals surface area contributed by atoms with E-state index in [1.807, 2.05) is 17.1 Å². The fraction of sp³-hybridized carbons (Fsp3) is 0.412. The minimum Gasteiger partial charge on any atom is -0.356 e. The molecular weight excluding hydrogens is 401 g/mol. The quantitative estimate of drug-likeness (QED) is 0.424. The van der Waals surface area contributed by atoms with Crippen LogP contribution in [-0.2, 0) is 6.54 Å². The highest BCUT2D eigenvalue weighted by atomic mass is 127. The topological polar surface area (TPSA) is 54.2 Å². The van der Waals surface area contributed by atoms with Crippen LogP contribution >= 0.6 is 24.0 Å². The van der Waals surface area contributed by atoms with Gasteiger partial charge in [0.15, 0.2) is 5.96 Å². The predicted molar refractivity (Wildman–Crippen MR) is 107 cm³/mol. The van der Waals surface area contributed by atoms with E-state index in [4.69, 9.17) is 0 Å². The van der Waals surface area contributed by atoms with E-state index in [0.29, 0.717) is 5.92 Å². The van der Waals surface area contributed by atoms with Crippen molar-refractivity contribution in [1.82, 2.24) is 20.2 Å². The van der Waals surface area contributed by atoms with Gasteiger partial charge in [0.05, 0.1) is 6.33 Å². The van der Waals surface area contributed by atoms with E-state index in [9.17, 15) is 0 Å². The second-order valence-corrected chi connectivity index (χ2v) is 5.50. The van der Waals surface area contributed by atoms with Crippen LogP contribution < -0.4 is 10.6 Å². The molecule has 1 heterocycles. The van der Waals surface area contributed by atoms with E-state index in [1.54, 1.807) is 13.2 Å². The number of rotatable bonds is 6. The van der Waals surface area contributed by atoms with Gasteiger partial charge < -0.3 is 15.2 Å². The molecule has 0 aliphatic heterocycles. The third-order valence-electron chi connectivity index (χ3n) is 3.63. The van der Waals surface area contributed by atoms with Crippen LogP contribution in [0.2, 0.25) is 0 Å². The van der Waals surface area contributed by atoms with Crippen LogP contribution in [0.4, 0.5) is 0 Å². The summed E-state index contributed by atoms with van der Waals surface area (Å²) in [5, 5.41) is 6.70. The fourth-order valence-electron chi connectivity index (χ4n) is 2.29. The van der Waals surface area contributed by atoms with Gasteiger partial charge in [-0.25, -0.2) is 4.98 Å². The minimum atomic E-state index is 0. The predicted octanol–water partition coefficient (Wildman–Crippen LogP) is 2.78. The Morgan fingerprint density at radius 2 is 2.17 bits per heavy atom. The lowest BCUT2D eigenvalue weighted by Gasteiger charge is -2.17. The molecule has 1 aromatic heterocycles. The van der Waals surface area contributed by atoms with Crippen LogP contribution in [0.25, 0.3) is 0 Å². The molecule has 126 valence electrons. The summed E-state index contributed by atoms with van der Waals surface area (Å²) >= 11 is 0. The Labute approximate surface area is 155 Å². The molecule has 0 fully saturated rings. The number of nitrogens with zero attached hydrogens (tertiary/aromatic N) is 3. The number of imidazole rings is 1. The van der Waals surface area contributed by atoms with E-state index < -0.39 is 0 Å². The number of aryl methyl sites for hydroxylation is 1. The first-order chi connectivity index (χ1) is 10.7. The first-order valence-electron chi connectivity index (χ1n) is 7.66. The van der Waals surface area contributed by atoms with Crippen molar-refractivity contribution >= 4 is 29.9 Å². The number of halogens is 1. The summed E-state index contributed by atoms with van der Waals surface area (Å²) in [4.78, 5) is 8.29. The second kappa shape index (κ2) is 10.3. The molecule has 23 heavy (non-hydrogen) atoms. The Kier molecular flexibility index (Phi) is 8.68. The normalized spacial score (nSPS) is 12.4.